The van der Waals surface area contributed by atoms with Crippen LogP contribution in [-0.2, 0) is 5.75 Å². The van der Waals surface area contributed by atoms with Crippen molar-refractivity contribution in [3.8, 4) is 0 Å². The first-order chi connectivity index (χ1) is 9.43. The zero-order valence-electron chi connectivity index (χ0n) is 11.6. The van der Waals surface area contributed by atoms with E-state index in [1.54, 1.807) is 0 Å². The molecule has 2 aliphatic heterocycles. The average molecular weight is 276 g/mol. The van der Waals surface area contributed by atoms with E-state index in [0.29, 0.717) is 6.04 Å². The van der Waals surface area contributed by atoms with Crippen LogP contribution >= 0.6 is 11.8 Å². The summed E-state index contributed by atoms with van der Waals surface area (Å²) in [6.07, 6.45) is 4.21. The lowest BCUT2D eigenvalue weighted by atomic mass is 10.0. The van der Waals surface area contributed by atoms with Crippen LogP contribution in [0.25, 0.3) is 0 Å². The molecule has 2 aliphatic rings. The van der Waals surface area contributed by atoms with E-state index >= 15 is 0 Å². The van der Waals surface area contributed by atoms with Gasteiger partial charge in [-0.05, 0) is 37.1 Å². The Kier molecular flexibility index (Phi) is 4.81. The molecule has 0 aromatic heterocycles. The molecular weight excluding hydrogens is 252 g/mol. The Morgan fingerprint density at radius 3 is 2.89 bits per heavy atom. The summed E-state index contributed by atoms with van der Waals surface area (Å²) < 4.78 is 0. The topological polar surface area (TPSA) is 15.3 Å². The Morgan fingerprint density at radius 2 is 2.00 bits per heavy atom. The number of rotatable bonds is 4. The molecule has 1 N–H and O–H groups in total. The fraction of sp³-hybridized carbons (Fsp3) is 0.625. The predicted octanol–water partition coefficient (Wildman–Crippen LogP) is 3.05. The normalized spacial score (nSPS) is 24.1. The smallest absolute Gasteiger partial charge is 0.0415 e. The molecule has 0 aliphatic carbocycles. The van der Waals surface area contributed by atoms with Crippen LogP contribution < -0.4 is 5.32 Å². The third-order valence-corrected chi connectivity index (χ3v) is 5.32. The van der Waals surface area contributed by atoms with Gasteiger partial charge in [-0.1, -0.05) is 30.7 Å². The number of piperidine rings is 1. The van der Waals surface area contributed by atoms with E-state index in [9.17, 15) is 0 Å². The molecule has 3 rings (SSSR count). The minimum atomic E-state index is 0.555. The molecule has 0 radical (unpaired) electrons. The molecule has 1 atom stereocenters. The van der Waals surface area contributed by atoms with Crippen molar-refractivity contribution in [1.82, 2.24) is 10.2 Å². The van der Waals surface area contributed by atoms with Crippen LogP contribution in [0.15, 0.2) is 24.3 Å². The van der Waals surface area contributed by atoms with Gasteiger partial charge in [-0.2, -0.15) is 11.8 Å². The molecule has 1 fully saturated rings. The highest BCUT2D eigenvalue weighted by Gasteiger charge is 2.19. The van der Waals surface area contributed by atoms with Crippen LogP contribution in [0.5, 0.6) is 0 Å². The molecule has 0 bridgehead atoms. The molecule has 2 heterocycles. The Hall–Kier alpha value is -0.510. The van der Waals surface area contributed by atoms with Gasteiger partial charge in [0.15, 0.2) is 0 Å². The summed E-state index contributed by atoms with van der Waals surface area (Å²) >= 11 is 2.06. The van der Waals surface area contributed by atoms with E-state index in [0.717, 1.165) is 6.54 Å². The fourth-order valence-electron chi connectivity index (χ4n) is 3.13. The monoisotopic (exact) mass is 276 g/mol. The lowest BCUT2D eigenvalue weighted by molar-refractivity contribution is 0.227. The highest BCUT2D eigenvalue weighted by Crippen LogP contribution is 2.31. The van der Waals surface area contributed by atoms with Gasteiger partial charge in [0.2, 0.25) is 0 Å². The van der Waals surface area contributed by atoms with Crippen molar-refractivity contribution >= 4 is 11.8 Å². The zero-order chi connectivity index (χ0) is 12.9. The molecule has 1 aromatic rings. The molecule has 1 unspecified atom stereocenters. The third kappa shape index (κ3) is 3.53. The molecule has 1 aromatic carbocycles. The van der Waals surface area contributed by atoms with E-state index in [4.69, 9.17) is 0 Å². The van der Waals surface area contributed by atoms with Gasteiger partial charge in [0.1, 0.15) is 0 Å². The summed E-state index contributed by atoms with van der Waals surface area (Å²) in [6, 6.07) is 9.47. The minimum absolute atomic E-state index is 0.555. The number of thioether (sulfide) groups is 1. The van der Waals surface area contributed by atoms with Crippen molar-refractivity contribution in [2.45, 2.75) is 31.1 Å². The van der Waals surface area contributed by atoms with Crippen LogP contribution in [0.4, 0.5) is 0 Å². The fourth-order valence-corrected chi connectivity index (χ4v) is 4.26. The van der Waals surface area contributed by atoms with Gasteiger partial charge in [0, 0.05) is 30.6 Å². The molecule has 0 saturated carbocycles. The van der Waals surface area contributed by atoms with Crippen molar-refractivity contribution in [2.24, 2.45) is 0 Å². The summed E-state index contributed by atoms with van der Waals surface area (Å²) in [5, 5.41) is 3.76. The number of nitrogens with one attached hydrogen (secondary N) is 1. The maximum absolute atomic E-state index is 3.76. The summed E-state index contributed by atoms with van der Waals surface area (Å²) in [5.74, 6) is 2.40. The molecule has 1 saturated heterocycles. The van der Waals surface area contributed by atoms with Crippen LogP contribution in [0.2, 0.25) is 0 Å². The van der Waals surface area contributed by atoms with Gasteiger partial charge in [-0.25, -0.2) is 0 Å². The number of nitrogens with zero attached hydrogens (tertiary/aromatic N) is 1. The van der Waals surface area contributed by atoms with Crippen molar-refractivity contribution in [2.75, 3.05) is 31.9 Å². The predicted molar refractivity (Wildman–Crippen MR) is 83.6 cm³/mol. The van der Waals surface area contributed by atoms with Crippen LogP contribution in [0.3, 0.4) is 0 Å². The van der Waals surface area contributed by atoms with Crippen LogP contribution in [0.1, 0.15) is 36.4 Å². The minimum Gasteiger partial charge on any atom is -0.308 e. The van der Waals surface area contributed by atoms with E-state index in [1.807, 2.05) is 0 Å². The standard InChI is InChI=1S/C16H24N2S/c1-4-9-18(10-5-1)11-8-17-16-13-19-12-14-6-2-3-7-15(14)16/h2-3,6-7,16-17H,1,4-5,8-13H2. The number of fused-ring (bicyclic) bond motifs is 1. The van der Waals surface area contributed by atoms with Gasteiger partial charge >= 0.3 is 0 Å². The first kappa shape index (κ1) is 13.5. The van der Waals surface area contributed by atoms with E-state index in [-0.39, 0.29) is 0 Å². The zero-order valence-corrected chi connectivity index (χ0v) is 12.4. The van der Waals surface area contributed by atoms with Crippen LogP contribution in [-0.4, -0.2) is 36.8 Å². The number of hydrogen-bond acceptors (Lipinski definition) is 3. The molecule has 3 heteroatoms. The molecular formula is C16H24N2S. The summed E-state index contributed by atoms with van der Waals surface area (Å²) in [4.78, 5) is 2.61. The van der Waals surface area contributed by atoms with E-state index in [2.05, 4.69) is 46.2 Å². The Balaban J connectivity index is 1.50. The molecule has 0 amide bonds. The van der Waals surface area contributed by atoms with Gasteiger partial charge in [0.25, 0.3) is 0 Å². The largest absolute Gasteiger partial charge is 0.308 e. The maximum atomic E-state index is 3.76. The van der Waals surface area contributed by atoms with Crippen molar-refractivity contribution in [3.63, 3.8) is 0 Å². The second-order valence-corrected chi connectivity index (χ2v) is 6.65. The van der Waals surface area contributed by atoms with Gasteiger partial charge in [0.05, 0.1) is 0 Å². The highest BCUT2D eigenvalue weighted by atomic mass is 32.2. The second kappa shape index (κ2) is 6.78. The molecule has 19 heavy (non-hydrogen) atoms. The Morgan fingerprint density at radius 1 is 1.16 bits per heavy atom. The van der Waals surface area contributed by atoms with Crippen molar-refractivity contribution in [1.29, 1.82) is 0 Å². The third-order valence-electron chi connectivity index (χ3n) is 4.24. The summed E-state index contributed by atoms with van der Waals surface area (Å²) in [6.45, 7) is 4.94. The molecule has 104 valence electrons. The van der Waals surface area contributed by atoms with E-state index in [1.165, 1.54) is 61.5 Å². The lowest BCUT2D eigenvalue weighted by Crippen LogP contribution is -2.38. The number of hydrogen-bond donors (Lipinski definition) is 1. The Labute approximate surface area is 121 Å². The van der Waals surface area contributed by atoms with Crippen molar-refractivity contribution in [3.05, 3.63) is 35.4 Å². The quantitative estimate of drug-likeness (QED) is 0.910. The first-order valence-electron chi connectivity index (χ1n) is 7.55. The SMILES string of the molecule is c1ccc2c(c1)CSCC2NCCN1CCCCC1. The average Bonchev–Trinajstić information content (AvgIpc) is 2.49. The van der Waals surface area contributed by atoms with Crippen molar-refractivity contribution < 1.29 is 0 Å². The first-order valence-corrected chi connectivity index (χ1v) is 8.70. The molecule has 0 spiro atoms. The summed E-state index contributed by atoms with van der Waals surface area (Å²) in [7, 11) is 0. The summed E-state index contributed by atoms with van der Waals surface area (Å²) in [5.41, 5.74) is 3.05. The second-order valence-electron chi connectivity index (χ2n) is 5.62. The van der Waals surface area contributed by atoms with Crippen LogP contribution in [0, 0.1) is 0 Å². The van der Waals surface area contributed by atoms with Gasteiger partial charge in [-0.3, -0.25) is 0 Å². The molecule has 2 nitrogen and oxygen atoms in total. The lowest BCUT2D eigenvalue weighted by Gasteiger charge is -2.29. The van der Waals surface area contributed by atoms with Gasteiger partial charge < -0.3 is 10.2 Å². The van der Waals surface area contributed by atoms with E-state index < -0.39 is 0 Å². The number of likely N-dealkylation sites (tertiary alicyclic amines) is 1. The van der Waals surface area contributed by atoms with Gasteiger partial charge in [-0.15, -0.1) is 0 Å². The Bertz CT molecular complexity index is 401. The maximum Gasteiger partial charge on any atom is 0.0415 e. The highest BCUT2D eigenvalue weighted by molar-refractivity contribution is 7.98. The number of benzene rings is 1.